The Morgan fingerprint density at radius 3 is 2.37 bits per heavy atom. The summed E-state index contributed by atoms with van der Waals surface area (Å²) in [6, 6.07) is 3.53. The third-order valence-electron chi connectivity index (χ3n) is 3.36. The van der Waals surface area contributed by atoms with Gasteiger partial charge in [0.25, 0.3) is 0 Å². The van der Waals surface area contributed by atoms with Crippen LogP contribution in [0.1, 0.15) is 63.0 Å². The van der Waals surface area contributed by atoms with Crippen molar-refractivity contribution >= 4 is 0 Å². The minimum Gasteiger partial charge on any atom is -0.206 e. The van der Waals surface area contributed by atoms with Crippen LogP contribution in [0, 0.1) is 5.82 Å². The molecule has 0 bridgehead atoms. The Morgan fingerprint density at radius 2 is 1.79 bits per heavy atom. The molecule has 0 aromatic heterocycles. The SMILES string of the molecule is CCCCCCC(C)c1cccc(C(F)(F)F)c1F. The van der Waals surface area contributed by atoms with E-state index in [-0.39, 0.29) is 11.5 Å². The van der Waals surface area contributed by atoms with Crippen LogP contribution in [-0.4, -0.2) is 0 Å². The van der Waals surface area contributed by atoms with Crippen LogP contribution in [0.2, 0.25) is 0 Å². The quantitative estimate of drug-likeness (QED) is 0.447. The summed E-state index contributed by atoms with van der Waals surface area (Å²) in [4.78, 5) is 0. The van der Waals surface area contributed by atoms with Gasteiger partial charge < -0.3 is 0 Å². The molecule has 1 aromatic rings. The van der Waals surface area contributed by atoms with Gasteiger partial charge in [-0.15, -0.1) is 0 Å². The lowest BCUT2D eigenvalue weighted by atomic mass is 9.93. The smallest absolute Gasteiger partial charge is 0.206 e. The fraction of sp³-hybridized carbons (Fsp3) is 0.600. The molecule has 0 aliphatic carbocycles. The Hall–Kier alpha value is -1.06. The van der Waals surface area contributed by atoms with E-state index < -0.39 is 17.6 Å². The lowest BCUT2D eigenvalue weighted by molar-refractivity contribution is -0.140. The van der Waals surface area contributed by atoms with Gasteiger partial charge in [0.2, 0.25) is 0 Å². The summed E-state index contributed by atoms with van der Waals surface area (Å²) in [6.07, 6.45) is 0.274. The summed E-state index contributed by atoms with van der Waals surface area (Å²) >= 11 is 0. The lowest BCUT2D eigenvalue weighted by Gasteiger charge is -2.16. The van der Waals surface area contributed by atoms with E-state index in [4.69, 9.17) is 0 Å². The highest BCUT2D eigenvalue weighted by Gasteiger charge is 2.35. The monoisotopic (exact) mass is 276 g/mol. The second-order valence-electron chi connectivity index (χ2n) is 4.96. The third kappa shape index (κ3) is 4.51. The van der Waals surface area contributed by atoms with E-state index >= 15 is 0 Å². The van der Waals surface area contributed by atoms with Crippen molar-refractivity contribution < 1.29 is 17.6 Å². The zero-order valence-electron chi connectivity index (χ0n) is 11.4. The van der Waals surface area contributed by atoms with Crippen LogP contribution in [-0.2, 0) is 6.18 Å². The van der Waals surface area contributed by atoms with Crippen molar-refractivity contribution in [2.75, 3.05) is 0 Å². The van der Waals surface area contributed by atoms with Crippen LogP contribution < -0.4 is 0 Å². The first-order chi connectivity index (χ1) is 8.88. The maximum Gasteiger partial charge on any atom is 0.419 e. The van der Waals surface area contributed by atoms with Gasteiger partial charge in [-0.05, 0) is 24.0 Å². The van der Waals surface area contributed by atoms with Gasteiger partial charge in [0, 0.05) is 0 Å². The number of halogens is 4. The molecule has 0 nitrogen and oxygen atoms in total. The molecule has 4 heteroatoms. The highest BCUT2D eigenvalue weighted by atomic mass is 19.4. The van der Waals surface area contributed by atoms with E-state index in [2.05, 4.69) is 6.92 Å². The van der Waals surface area contributed by atoms with Crippen molar-refractivity contribution in [3.8, 4) is 0 Å². The van der Waals surface area contributed by atoms with E-state index in [0.717, 1.165) is 38.2 Å². The molecule has 0 aliphatic rings. The average Bonchev–Trinajstić information content (AvgIpc) is 2.33. The molecule has 0 aliphatic heterocycles. The predicted molar refractivity (Wildman–Crippen MR) is 68.6 cm³/mol. The molecular weight excluding hydrogens is 256 g/mol. The van der Waals surface area contributed by atoms with Crippen molar-refractivity contribution in [2.24, 2.45) is 0 Å². The number of unbranched alkanes of at least 4 members (excludes halogenated alkanes) is 3. The van der Waals surface area contributed by atoms with E-state index in [9.17, 15) is 17.6 Å². The summed E-state index contributed by atoms with van der Waals surface area (Å²) in [5.41, 5.74) is -0.989. The zero-order valence-corrected chi connectivity index (χ0v) is 11.4. The predicted octanol–water partition coefficient (Wildman–Crippen LogP) is 5.92. The standard InChI is InChI=1S/C15H20F4/c1-3-4-5-6-8-11(2)12-9-7-10-13(14(12)16)15(17,18)19/h7,9-11H,3-6,8H2,1-2H3. The van der Waals surface area contributed by atoms with Crippen molar-refractivity contribution in [3.63, 3.8) is 0 Å². The van der Waals surface area contributed by atoms with Crippen LogP contribution in [0.15, 0.2) is 18.2 Å². The second kappa shape index (κ2) is 6.92. The third-order valence-corrected chi connectivity index (χ3v) is 3.36. The van der Waals surface area contributed by atoms with Gasteiger partial charge in [-0.25, -0.2) is 4.39 Å². The van der Waals surface area contributed by atoms with E-state index in [1.807, 2.05) is 0 Å². The van der Waals surface area contributed by atoms with E-state index in [0.29, 0.717) is 0 Å². The number of alkyl halides is 3. The summed E-state index contributed by atoms with van der Waals surface area (Å²) in [5, 5.41) is 0. The molecule has 19 heavy (non-hydrogen) atoms. The molecule has 0 saturated carbocycles. The molecule has 0 saturated heterocycles. The number of benzene rings is 1. The average molecular weight is 276 g/mol. The maximum absolute atomic E-state index is 13.9. The van der Waals surface area contributed by atoms with Gasteiger partial charge >= 0.3 is 6.18 Å². The number of hydrogen-bond donors (Lipinski definition) is 0. The van der Waals surface area contributed by atoms with Crippen LogP contribution >= 0.6 is 0 Å². The molecule has 0 amide bonds. The highest BCUT2D eigenvalue weighted by Crippen LogP contribution is 2.35. The first-order valence-electron chi connectivity index (χ1n) is 6.73. The first-order valence-corrected chi connectivity index (χ1v) is 6.73. The fourth-order valence-corrected chi connectivity index (χ4v) is 2.18. The summed E-state index contributed by atoms with van der Waals surface area (Å²) < 4.78 is 51.7. The van der Waals surface area contributed by atoms with Crippen LogP contribution in [0.4, 0.5) is 17.6 Å². The van der Waals surface area contributed by atoms with Gasteiger partial charge in [0.1, 0.15) is 5.82 Å². The Morgan fingerprint density at radius 1 is 1.11 bits per heavy atom. The normalized spacial score (nSPS) is 13.6. The van der Waals surface area contributed by atoms with Gasteiger partial charge in [0.05, 0.1) is 5.56 Å². The second-order valence-corrected chi connectivity index (χ2v) is 4.96. The molecule has 0 spiro atoms. The van der Waals surface area contributed by atoms with E-state index in [1.54, 1.807) is 6.92 Å². The van der Waals surface area contributed by atoms with Gasteiger partial charge in [-0.2, -0.15) is 13.2 Å². The van der Waals surface area contributed by atoms with Crippen LogP contribution in [0.3, 0.4) is 0 Å². The van der Waals surface area contributed by atoms with Crippen LogP contribution in [0.25, 0.3) is 0 Å². The molecular formula is C15H20F4. The van der Waals surface area contributed by atoms with Crippen molar-refractivity contribution in [3.05, 3.63) is 35.1 Å². The lowest BCUT2D eigenvalue weighted by Crippen LogP contribution is -2.11. The molecule has 0 fully saturated rings. The van der Waals surface area contributed by atoms with Crippen LogP contribution in [0.5, 0.6) is 0 Å². The fourth-order valence-electron chi connectivity index (χ4n) is 2.18. The Kier molecular flexibility index (Phi) is 5.83. The molecule has 1 rings (SSSR count). The maximum atomic E-state index is 13.9. The summed E-state index contributed by atoms with van der Waals surface area (Å²) in [7, 11) is 0. The van der Waals surface area contributed by atoms with Crippen molar-refractivity contribution in [2.45, 2.75) is 58.0 Å². The summed E-state index contributed by atoms with van der Waals surface area (Å²) in [5.74, 6) is -1.29. The van der Waals surface area contributed by atoms with Gasteiger partial charge in [0.15, 0.2) is 0 Å². The van der Waals surface area contributed by atoms with Crippen molar-refractivity contribution in [1.82, 2.24) is 0 Å². The number of rotatable bonds is 6. The Labute approximate surface area is 111 Å². The van der Waals surface area contributed by atoms with Crippen molar-refractivity contribution in [1.29, 1.82) is 0 Å². The molecule has 1 aromatic carbocycles. The highest BCUT2D eigenvalue weighted by molar-refractivity contribution is 5.30. The molecule has 1 unspecified atom stereocenters. The minimum atomic E-state index is -4.62. The molecule has 108 valence electrons. The van der Waals surface area contributed by atoms with E-state index in [1.165, 1.54) is 12.1 Å². The molecule has 0 heterocycles. The molecule has 1 atom stereocenters. The van der Waals surface area contributed by atoms with Gasteiger partial charge in [-0.1, -0.05) is 51.7 Å². The summed E-state index contributed by atoms with van der Waals surface area (Å²) in [6.45, 7) is 3.88. The van der Waals surface area contributed by atoms with Gasteiger partial charge in [-0.3, -0.25) is 0 Å². The molecule has 0 N–H and O–H groups in total. The number of hydrogen-bond acceptors (Lipinski definition) is 0. The minimum absolute atomic E-state index is 0.173. The Bertz CT molecular complexity index is 396. The Balaban J connectivity index is 2.78. The first kappa shape index (κ1) is 16.0. The topological polar surface area (TPSA) is 0 Å². The molecule has 0 radical (unpaired) electrons. The largest absolute Gasteiger partial charge is 0.419 e. The zero-order chi connectivity index (χ0) is 14.5.